The van der Waals surface area contributed by atoms with E-state index < -0.39 is 59.4 Å². The number of benzene rings is 4. The summed E-state index contributed by atoms with van der Waals surface area (Å²) in [6, 6.07) is 28.5. The zero-order valence-electron chi connectivity index (χ0n) is 26.0. The number of methoxy groups -OCH3 is 1. The summed E-state index contributed by atoms with van der Waals surface area (Å²) in [4.78, 5) is 59.9. The Balaban J connectivity index is 1.53. The number of rotatable bonds is 7. The van der Waals surface area contributed by atoms with Crippen LogP contribution in [0.3, 0.4) is 0 Å². The lowest BCUT2D eigenvalue weighted by atomic mass is 9.65. The minimum atomic E-state index is -1.89. The van der Waals surface area contributed by atoms with Crippen LogP contribution in [0.5, 0.6) is 5.75 Å². The van der Waals surface area contributed by atoms with Crippen molar-refractivity contribution >= 4 is 29.6 Å². The molecule has 3 heterocycles. The summed E-state index contributed by atoms with van der Waals surface area (Å²) in [7, 11) is 1.46. The van der Waals surface area contributed by atoms with Gasteiger partial charge in [-0.05, 0) is 40.5 Å². The minimum Gasteiger partial charge on any atom is -0.508 e. The molecule has 0 saturated carbocycles. The van der Waals surface area contributed by atoms with Gasteiger partial charge in [-0.2, -0.15) is 0 Å². The Hall–Kier alpha value is -5.52. The Kier molecular flexibility index (Phi) is 7.94. The fraction of sp³-hybridized carbons (Fsp3) is 0.243. The number of hydrogen-bond acceptors (Lipinski definition) is 9. The van der Waals surface area contributed by atoms with Gasteiger partial charge >= 0.3 is 12.1 Å². The molecule has 0 aromatic heterocycles. The maximum absolute atomic E-state index is 15.2. The van der Waals surface area contributed by atoms with Crippen molar-refractivity contribution < 1.29 is 38.5 Å². The first-order chi connectivity index (χ1) is 23.3. The van der Waals surface area contributed by atoms with Gasteiger partial charge in [0.05, 0.1) is 30.3 Å². The highest BCUT2D eigenvalue weighted by atomic mass is 16.6. The van der Waals surface area contributed by atoms with Crippen LogP contribution >= 0.6 is 0 Å². The number of nitrogens with two attached hydrogens (primary N) is 1. The lowest BCUT2D eigenvalue weighted by Crippen LogP contribution is -2.55. The van der Waals surface area contributed by atoms with Gasteiger partial charge in [0.2, 0.25) is 11.8 Å². The lowest BCUT2D eigenvalue weighted by molar-refractivity contribution is -0.178. The monoisotopic (exact) mass is 647 g/mol. The van der Waals surface area contributed by atoms with Gasteiger partial charge in [0.15, 0.2) is 0 Å². The molecule has 11 heteroatoms. The van der Waals surface area contributed by atoms with Gasteiger partial charge < -0.3 is 25.1 Å². The number of aromatic hydroxyl groups is 1. The molecule has 244 valence electrons. The van der Waals surface area contributed by atoms with Crippen molar-refractivity contribution in [2.24, 2.45) is 11.7 Å². The first-order valence-corrected chi connectivity index (χ1v) is 15.6. The van der Waals surface area contributed by atoms with Gasteiger partial charge in [-0.25, -0.2) is 9.69 Å². The summed E-state index contributed by atoms with van der Waals surface area (Å²) in [5.41, 5.74) is 6.89. The smallest absolute Gasteiger partial charge is 0.421 e. The molecule has 6 unspecified atom stereocenters. The van der Waals surface area contributed by atoms with E-state index in [2.05, 4.69) is 0 Å². The number of hydrogen-bond donors (Lipinski definition) is 2. The molecule has 4 aromatic rings. The molecule has 3 aliphatic heterocycles. The number of cyclic esters (lactones) is 1. The molecule has 0 radical (unpaired) electrons. The normalized spacial score (nSPS) is 26.2. The van der Waals surface area contributed by atoms with Crippen LogP contribution in [0.25, 0.3) is 0 Å². The maximum atomic E-state index is 15.2. The van der Waals surface area contributed by atoms with Gasteiger partial charge in [0.1, 0.15) is 29.9 Å². The quantitative estimate of drug-likeness (QED) is 0.221. The number of phenols is 1. The molecule has 11 nitrogen and oxygen atoms in total. The van der Waals surface area contributed by atoms with Crippen LogP contribution in [0.2, 0.25) is 0 Å². The highest BCUT2D eigenvalue weighted by molar-refractivity contribution is 6.23. The summed E-state index contributed by atoms with van der Waals surface area (Å²) >= 11 is 0. The summed E-state index contributed by atoms with van der Waals surface area (Å²) in [5, 5.41) is 10.3. The number of carbonyl (C=O) groups is 4. The summed E-state index contributed by atoms with van der Waals surface area (Å²) < 4.78 is 16.7. The predicted octanol–water partition coefficient (Wildman–Crippen LogP) is 4.33. The molecule has 6 atom stereocenters. The molecular weight excluding hydrogens is 614 g/mol. The fourth-order valence-corrected chi connectivity index (χ4v) is 7.81. The van der Waals surface area contributed by atoms with Gasteiger partial charge in [0.25, 0.3) is 0 Å². The van der Waals surface area contributed by atoms with E-state index in [1.807, 2.05) is 65.6 Å². The van der Waals surface area contributed by atoms with E-state index in [-0.39, 0.29) is 24.7 Å². The van der Waals surface area contributed by atoms with Gasteiger partial charge in [-0.15, -0.1) is 0 Å². The van der Waals surface area contributed by atoms with Crippen LogP contribution in [0, 0.1) is 5.92 Å². The van der Waals surface area contributed by atoms with E-state index in [1.54, 1.807) is 36.4 Å². The number of esters is 1. The number of phenolic OH excluding ortho intramolecular Hbond substituents is 1. The second-order valence-electron chi connectivity index (χ2n) is 12.0. The molecular formula is C37H33N3O8. The van der Waals surface area contributed by atoms with E-state index >= 15 is 4.79 Å². The van der Waals surface area contributed by atoms with Crippen LogP contribution in [0.4, 0.5) is 10.5 Å². The Labute approximate surface area is 276 Å². The molecule has 48 heavy (non-hydrogen) atoms. The average molecular weight is 648 g/mol. The van der Waals surface area contributed by atoms with Crippen LogP contribution in [0.15, 0.2) is 109 Å². The van der Waals surface area contributed by atoms with Gasteiger partial charge in [0, 0.05) is 7.11 Å². The second kappa shape index (κ2) is 12.3. The highest BCUT2D eigenvalue weighted by Gasteiger charge is 2.75. The van der Waals surface area contributed by atoms with Gasteiger partial charge in [-0.3, -0.25) is 19.3 Å². The Morgan fingerprint density at radius 3 is 2.08 bits per heavy atom. The van der Waals surface area contributed by atoms with E-state index in [0.29, 0.717) is 16.7 Å². The Morgan fingerprint density at radius 1 is 0.812 bits per heavy atom. The number of morpholine rings is 1. The fourth-order valence-electron chi connectivity index (χ4n) is 7.81. The van der Waals surface area contributed by atoms with Crippen molar-refractivity contribution in [2.75, 3.05) is 25.2 Å². The molecule has 0 aliphatic carbocycles. The number of fused-ring (bicyclic) bond motifs is 3. The third-order valence-electron chi connectivity index (χ3n) is 9.58. The summed E-state index contributed by atoms with van der Waals surface area (Å²) in [6.45, 7) is -0.0211. The maximum Gasteiger partial charge on any atom is 0.421 e. The molecule has 2 saturated heterocycles. The largest absolute Gasteiger partial charge is 0.508 e. The highest BCUT2D eigenvalue weighted by Crippen LogP contribution is 2.65. The van der Waals surface area contributed by atoms with E-state index in [4.69, 9.17) is 19.9 Å². The minimum absolute atomic E-state index is 0.0184. The average Bonchev–Trinajstić information content (AvgIpc) is 3.56. The first kappa shape index (κ1) is 31.1. The van der Waals surface area contributed by atoms with Gasteiger partial charge in [-0.1, -0.05) is 91.0 Å². The topological polar surface area (TPSA) is 149 Å². The van der Waals surface area contributed by atoms with E-state index in [0.717, 1.165) is 10.5 Å². The third kappa shape index (κ3) is 4.65. The summed E-state index contributed by atoms with van der Waals surface area (Å²) in [6.07, 6.45) is -1.80. The lowest BCUT2D eigenvalue weighted by Gasteiger charge is -2.46. The number of amides is 3. The zero-order valence-corrected chi connectivity index (χ0v) is 26.0. The number of nitrogens with zero attached hydrogens (tertiary/aromatic N) is 2. The number of anilines is 1. The Bertz CT molecular complexity index is 1870. The van der Waals surface area contributed by atoms with Crippen LogP contribution in [-0.4, -0.2) is 60.2 Å². The van der Waals surface area contributed by atoms with Crippen LogP contribution < -0.4 is 10.6 Å². The van der Waals surface area contributed by atoms with Crippen LogP contribution in [-0.2, 0) is 34.0 Å². The zero-order chi connectivity index (χ0) is 33.6. The van der Waals surface area contributed by atoms with E-state index in [9.17, 15) is 19.5 Å². The third-order valence-corrected chi connectivity index (χ3v) is 9.58. The van der Waals surface area contributed by atoms with Crippen molar-refractivity contribution in [1.29, 1.82) is 0 Å². The molecule has 0 bridgehead atoms. The molecule has 3 amide bonds. The van der Waals surface area contributed by atoms with Crippen molar-refractivity contribution in [3.63, 3.8) is 0 Å². The molecule has 2 fully saturated rings. The van der Waals surface area contributed by atoms with Crippen molar-refractivity contribution in [2.45, 2.75) is 29.6 Å². The van der Waals surface area contributed by atoms with Crippen LogP contribution in [0.1, 0.15) is 40.4 Å². The first-order valence-electron chi connectivity index (χ1n) is 15.6. The summed E-state index contributed by atoms with van der Waals surface area (Å²) in [5.74, 6) is -3.90. The molecule has 7 rings (SSSR count). The number of ether oxygens (including phenoxy) is 3. The molecule has 3 aliphatic rings. The second-order valence-corrected chi connectivity index (χ2v) is 12.0. The van der Waals surface area contributed by atoms with Crippen molar-refractivity contribution in [1.82, 2.24) is 4.90 Å². The standard InChI is InChI=1S/C37H33N3O8/c1-46-20-21-47-36(45)39-27-15-9-8-14-26(27)37(35(39)44)28(33(38)42)30-34(43)48-31(23-12-6-3-7-13-23)29(22-10-4-2-5-11-22)40(30)32(37)24-16-18-25(41)19-17-24/h2-19,28-32,41H,20-21H2,1H3,(H2,38,42). The number of carbonyl (C=O) groups excluding carboxylic acids is 4. The number of para-hydroxylation sites is 1. The van der Waals surface area contributed by atoms with E-state index in [1.165, 1.54) is 19.2 Å². The molecule has 4 aromatic carbocycles. The number of imide groups is 1. The SMILES string of the molecule is COCCOC(=O)N1C(=O)C2(c3ccccc31)C(C(N)=O)C1C(=O)OC(c3ccccc3)C(c3ccccc3)N1C2c1ccc(O)cc1. The molecule has 3 N–H and O–H groups in total. The van der Waals surface area contributed by atoms with Crippen molar-refractivity contribution in [3.8, 4) is 5.75 Å². The Morgan fingerprint density at radius 2 is 1.44 bits per heavy atom. The van der Waals surface area contributed by atoms with Crippen molar-refractivity contribution in [3.05, 3.63) is 131 Å². The predicted molar refractivity (Wildman–Crippen MR) is 172 cm³/mol. The molecule has 1 spiro atoms. The number of primary amides is 1.